The van der Waals surface area contributed by atoms with Gasteiger partial charge >= 0.3 is 0 Å². The maximum atomic E-state index is 11.0. The predicted octanol–water partition coefficient (Wildman–Crippen LogP) is 4.76. The third kappa shape index (κ3) is 3.54. The number of benzene rings is 1. The fourth-order valence-corrected chi connectivity index (χ4v) is 2.76. The Kier molecular flexibility index (Phi) is 5.98. The summed E-state index contributed by atoms with van der Waals surface area (Å²) in [5.74, 6) is 0.284. The molecule has 0 amide bonds. The number of hydrogen-bond donors (Lipinski definition) is 0. The lowest BCUT2D eigenvalue weighted by atomic mass is 9.75. The number of nitrogens with zero attached hydrogens (tertiary/aromatic N) is 1. The molecule has 0 spiro atoms. The van der Waals surface area contributed by atoms with Gasteiger partial charge in [0.2, 0.25) is 6.08 Å². The van der Waals surface area contributed by atoms with Gasteiger partial charge in [0.1, 0.15) is 5.54 Å². The predicted molar refractivity (Wildman–Crippen MR) is 80.0 cm³/mol. The van der Waals surface area contributed by atoms with Crippen LogP contribution in [0.2, 0.25) is 0 Å². The lowest BCUT2D eigenvalue weighted by molar-refractivity contribution is 0.285. The van der Waals surface area contributed by atoms with Gasteiger partial charge in [0, 0.05) is 0 Å². The van der Waals surface area contributed by atoms with Crippen molar-refractivity contribution in [3.8, 4) is 0 Å². The van der Waals surface area contributed by atoms with Crippen molar-refractivity contribution < 1.29 is 4.79 Å². The highest BCUT2D eigenvalue weighted by atomic mass is 16.1. The van der Waals surface area contributed by atoms with Gasteiger partial charge in [-0.2, -0.15) is 4.99 Å². The molecule has 0 bridgehead atoms. The first kappa shape index (κ1) is 15.7. The summed E-state index contributed by atoms with van der Waals surface area (Å²) < 4.78 is 0. The molecule has 1 atom stereocenters. The molecule has 1 rings (SSSR count). The summed E-state index contributed by atoms with van der Waals surface area (Å²) in [6, 6.07) is 8.24. The van der Waals surface area contributed by atoms with Crippen molar-refractivity contribution in [3.05, 3.63) is 35.4 Å². The van der Waals surface area contributed by atoms with Crippen molar-refractivity contribution in [1.29, 1.82) is 0 Å². The van der Waals surface area contributed by atoms with Gasteiger partial charge in [-0.05, 0) is 30.4 Å². The summed E-state index contributed by atoms with van der Waals surface area (Å²) >= 11 is 0. The largest absolute Gasteiger partial charge is 0.235 e. The number of aliphatic imine (C=N–C) groups is 1. The highest BCUT2D eigenvalue weighted by Gasteiger charge is 2.36. The van der Waals surface area contributed by atoms with Crippen LogP contribution in [0.15, 0.2) is 29.3 Å². The van der Waals surface area contributed by atoms with Gasteiger partial charge in [0.05, 0.1) is 0 Å². The van der Waals surface area contributed by atoms with Gasteiger partial charge in [-0.15, -0.1) is 0 Å². The molecule has 0 aliphatic rings. The van der Waals surface area contributed by atoms with E-state index in [4.69, 9.17) is 0 Å². The van der Waals surface area contributed by atoms with E-state index in [1.54, 1.807) is 0 Å². The summed E-state index contributed by atoms with van der Waals surface area (Å²) in [5.41, 5.74) is 1.96. The maximum absolute atomic E-state index is 11.0. The molecule has 2 nitrogen and oxygen atoms in total. The van der Waals surface area contributed by atoms with Gasteiger partial charge < -0.3 is 0 Å². The van der Waals surface area contributed by atoms with Gasteiger partial charge in [0.15, 0.2) is 0 Å². The number of rotatable bonds is 7. The molecule has 2 heteroatoms. The second-order valence-electron chi connectivity index (χ2n) is 5.55. The molecule has 0 N–H and O–H groups in total. The molecule has 0 saturated carbocycles. The normalized spacial score (nSPS) is 13.9. The second-order valence-corrected chi connectivity index (χ2v) is 5.55. The van der Waals surface area contributed by atoms with Crippen LogP contribution in [0.4, 0.5) is 0 Å². The Labute approximate surface area is 117 Å². The van der Waals surface area contributed by atoms with Crippen LogP contribution in [0, 0.1) is 12.8 Å². The first-order valence-electron chi connectivity index (χ1n) is 7.23. The lowest BCUT2D eigenvalue weighted by Crippen LogP contribution is -2.31. The topological polar surface area (TPSA) is 29.4 Å². The molecular formula is C17H25NO. The molecule has 0 saturated heterocycles. The van der Waals surface area contributed by atoms with Gasteiger partial charge in [0.25, 0.3) is 0 Å². The summed E-state index contributed by atoms with van der Waals surface area (Å²) in [6.07, 6.45) is 6.17. The Morgan fingerprint density at radius 1 is 1.26 bits per heavy atom. The third-order valence-corrected chi connectivity index (χ3v) is 3.97. The van der Waals surface area contributed by atoms with E-state index in [9.17, 15) is 4.79 Å². The number of hydrogen-bond acceptors (Lipinski definition) is 2. The number of isocyanates is 1. The van der Waals surface area contributed by atoms with E-state index in [0.717, 1.165) is 12.8 Å². The van der Waals surface area contributed by atoms with Crippen LogP contribution in [-0.2, 0) is 10.3 Å². The van der Waals surface area contributed by atoms with Crippen molar-refractivity contribution in [3.63, 3.8) is 0 Å². The molecular weight excluding hydrogens is 234 g/mol. The summed E-state index contributed by atoms with van der Waals surface area (Å²) in [7, 11) is 0. The van der Waals surface area contributed by atoms with Gasteiger partial charge in [-0.25, -0.2) is 4.79 Å². The molecule has 1 unspecified atom stereocenters. The smallest absolute Gasteiger partial charge is 0.211 e. The van der Waals surface area contributed by atoms with Crippen molar-refractivity contribution in [2.45, 2.75) is 58.9 Å². The van der Waals surface area contributed by atoms with Crippen LogP contribution >= 0.6 is 0 Å². The van der Waals surface area contributed by atoms with E-state index in [1.807, 2.05) is 18.2 Å². The van der Waals surface area contributed by atoms with E-state index in [2.05, 4.69) is 44.8 Å². The molecule has 1 aromatic carbocycles. The maximum Gasteiger partial charge on any atom is 0.235 e. The molecule has 0 aliphatic heterocycles. The van der Waals surface area contributed by atoms with E-state index >= 15 is 0 Å². The zero-order chi connectivity index (χ0) is 14.3. The van der Waals surface area contributed by atoms with Crippen molar-refractivity contribution >= 4 is 6.08 Å². The standard InChI is InChI=1S/C17H25NO/c1-5-6-9-12-17(14(2)3,18-13-19)16-11-8-7-10-15(16)4/h7-8,10-11,14H,5-6,9,12H2,1-4H3. The average molecular weight is 259 g/mol. The molecule has 19 heavy (non-hydrogen) atoms. The molecule has 0 aromatic heterocycles. The van der Waals surface area contributed by atoms with E-state index < -0.39 is 5.54 Å². The Morgan fingerprint density at radius 3 is 2.47 bits per heavy atom. The first-order valence-corrected chi connectivity index (χ1v) is 7.23. The monoisotopic (exact) mass is 259 g/mol. The SMILES string of the molecule is CCCCCC(N=C=O)(c1ccccc1C)C(C)C. The molecule has 0 heterocycles. The number of carbonyl (C=O) groups excluding carboxylic acids is 1. The van der Waals surface area contributed by atoms with Crippen molar-refractivity contribution in [2.75, 3.05) is 0 Å². The number of unbranched alkanes of at least 4 members (excludes halogenated alkanes) is 2. The van der Waals surface area contributed by atoms with Crippen LogP contribution in [0.3, 0.4) is 0 Å². The van der Waals surface area contributed by atoms with E-state index in [1.165, 1.54) is 24.0 Å². The highest BCUT2D eigenvalue weighted by Crippen LogP contribution is 2.40. The Hall–Kier alpha value is -1.40. The van der Waals surface area contributed by atoms with Crippen LogP contribution < -0.4 is 0 Å². The molecule has 0 radical (unpaired) electrons. The fourth-order valence-electron chi connectivity index (χ4n) is 2.76. The molecule has 1 aromatic rings. The van der Waals surface area contributed by atoms with Crippen molar-refractivity contribution in [2.24, 2.45) is 10.9 Å². The van der Waals surface area contributed by atoms with Gasteiger partial charge in [-0.3, -0.25) is 0 Å². The zero-order valence-electron chi connectivity index (χ0n) is 12.6. The summed E-state index contributed by atoms with van der Waals surface area (Å²) in [5, 5.41) is 0. The van der Waals surface area contributed by atoms with E-state index in [0.29, 0.717) is 0 Å². The third-order valence-electron chi connectivity index (χ3n) is 3.97. The molecule has 104 valence electrons. The lowest BCUT2D eigenvalue weighted by Gasteiger charge is -2.34. The first-order chi connectivity index (χ1) is 9.08. The van der Waals surface area contributed by atoms with Crippen LogP contribution in [0.5, 0.6) is 0 Å². The minimum atomic E-state index is -0.414. The molecule has 0 fully saturated rings. The Balaban J connectivity index is 3.23. The van der Waals surface area contributed by atoms with Crippen LogP contribution in [0.1, 0.15) is 57.6 Å². The van der Waals surface area contributed by atoms with Gasteiger partial charge in [-0.1, -0.05) is 64.3 Å². The average Bonchev–Trinajstić information content (AvgIpc) is 2.38. The van der Waals surface area contributed by atoms with Crippen molar-refractivity contribution in [1.82, 2.24) is 0 Å². The second kappa shape index (κ2) is 7.25. The minimum Gasteiger partial charge on any atom is -0.211 e. The highest BCUT2D eigenvalue weighted by molar-refractivity contribution is 5.41. The van der Waals surface area contributed by atoms with E-state index in [-0.39, 0.29) is 5.92 Å². The Morgan fingerprint density at radius 2 is 1.95 bits per heavy atom. The van der Waals surface area contributed by atoms with Crippen LogP contribution in [0.25, 0.3) is 0 Å². The van der Waals surface area contributed by atoms with Crippen LogP contribution in [-0.4, -0.2) is 6.08 Å². The molecule has 0 aliphatic carbocycles. The zero-order valence-corrected chi connectivity index (χ0v) is 12.6. The minimum absolute atomic E-state index is 0.284. The number of aryl methyl sites for hydroxylation is 1. The summed E-state index contributed by atoms with van der Waals surface area (Å²) in [4.78, 5) is 15.2. The fraction of sp³-hybridized carbons (Fsp3) is 0.588. The Bertz CT molecular complexity index is 446. The quantitative estimate of drug-likeness (QED) is 0.394. The summed E-state index contributed by atoms with van der Waals surface area (Å²) in [6.45, 7) is 8.55.